The van der Waals surface area contributed by atoms with Crippen molar-refractivity contribution < 1.29 is 0 Å². The van der Waals surface area contributed by atoms with E-state index in [0.29, 0.717) is 0 Å². The van der Waals surface area contributed by atoms with Gasteiger partial charge in [0.05, 0.1) is 0 Å². The second-order valence-electron chi connectivity index (χ2n) is 6.82. The van der Waals surface area contributed by atoms with E-state index in [0.717, 1.165) is 16.9 Å². The molecule has 2 nitrogen and oxygen atoms in total. The molecule has 0 radical (unpaired) electrons. The van der Waals surface area contributed by atoms with Gasteiger partial charge in [0.1, 0.15) is 0 Å². The zero-order chi connectivity index (χ0) is 13.4. The van der Waals surface area contributed by atoms with E-state index in [9.17, 15) is 0 Å². The molecule has 0 saturated heterocycles. The first-order valence-corrected chi connectivity index (χ1v) is 6.20. The first kappa shape index (κ1) is 13.9. The Balaban J connectivity index is 3.21. The Kier molecular flexibility index (Phi) is 3.47. The van der Waals surface area contributed by atoms with Gasteiger partial charge in [-0.1, -0.05) is 26.8 Å². The minimum Gasteiger partial charge on any atom is -0.398 e. The van der Waals surface area contributed by atoms with E-state index in [1.165, 1.54) is 5.56 Å². The molecular weight excluding hydrogens is 208 g/mol. The SMILES string of the molecule is Cc1c(NC(C)(C)C)ccc(C(C)(C)C)c1N. The van der Waals surface area contributed by atoms with Gasteiger partial charge in [0.25, 0.3) is 0 Å². The summed E-state index contributed by atoms with van der Waals surface area (Å²) in [5, 5.41) is 3.49. The number of rotatable bonds is 1. The molecule has 3 N–H and O–H groups in total. The van der Waals surface area contributed by atoms with Crippen LogP contribution in [0.1, 0.15) is 52.7 Å². The van der Waals surface area contributed by atoms with Crippen LogP contribution in [-0.2, 0) is 5.41 Å². The topological polar surface area (TPSA) is 38.0 Å². The van der Waals surface area contributed by atoms with Crippen LogP contribution in [0.3, 0.4) is 0 Å². The minimum atomic E-state index is 0.0560. The van der Waals surface area contributed by atoms with Gasteiger partial charge in [-0.15, -0.1) is 0 Å². The summed E-state index contributed by atoms with van der Waals surface area (Å²) in [4.78, 5) is 0. The van der Waals surface area contributed by atoms with Gasteiger partial charge in [-0.25, -0.2) is 0 Å². The van der Waals surface area contributed by atoms with Crippen LogP contribution in [-0.4, -0.2) is 5.54 Å². The van der Waals surface area contributed by atoms with Gasteiger partial charge in [0, 0.05) is 16.9 Å². The van der Waals surface area contributed by atoms with E-state index in [2.05, 4.69) is 65.9 Å². The van der Waals surface area contributed by atoms with Gasteiger partial charge in [0.15, 0.2) is 0 Å². The summed E-state index contributed by atoms with van der Waals surface area (Å²) in [5.41, 5.74) is 10.8. The molecule has 0 aliphatic rings. The fraction of sp³-hybridized carbons (Fsp3) is 0.600. The lowest BCUT2D eigenvalue weighted by Gasteiger charge is -2.27. The number of anilines is 2. The van der Waals surface area contributed by atoms with Crippen molar-refractivity contribution >= 4 is 11.4 Å². The van der Waals surface area contributed by atoms with Crippen molar-refractivity contribution in [3.05, 3.63) is 23.3 Å². The molecule has 0 bridgehead atoms. The van der Waals surface area contributed by atoms with Crippen LogP contribution >= 0.6 is 0 Å². The second kappa shape index (κ2) is 4.25. The second-order valence-corrected chi connectivity index (χ2v) is 6.82. The van der Waals surface area contributed by atoms with Gasteiger partial charge in [-0.05, 0) is 50.3 Å². The molecule has 0 aromatic heterocycles. The Morgan fingerprint density at radius 1 is 1.00 bits per heavy atom. The highest BCUT2D eigenvalue weighted by atomic mass is 15.0. The predicted molar refractivity (Wildman–Crippen MR) is 77.7 cm³/mol. The molecule has 1 aromatic carbocycles. The molecule has 17 heavy (non-hydrogen) atoms. The van der Waals surface area contributed by atoms with E-state index in [1.807, 2.05) is 0 Å². The maximum absolute atomic E-state index is 6.25. The molecule has 0 spiro atoms. The van der Waals surface area contributed by atoms with Gasteiger partial charge in [0.2, 0.25) is 0 Å². The van der Waals surface area contributed by atoms with E-state index in [-0.39, 0.29) is 11.0 Å². The maximum atomic E-state index is 6.25. The molecule has 96 valence electrons. The fourth-order valence-corrected chi connectivity index (χ4v) is 1.92. The summed E-state index contributed by atoms with van der Waals surface area (Å²) in [5.74, 6) is 0. The van der Waals surface area contributed by atoms with E-state index in [1.54, 1.807) is 0 Å². The van der Waals surface area contributed by atoms with Gasteiger partial charge < -0.3 is 11.1 Å². The Bertz CT molecular complexity index is 406. The maximum Gasteiger partial charge on any atom is 0.0402 e. The number of nitrogens with one attached hydrogen (secondary N) is 1. The summed E-state index contributed by atoms with van der Waals surface area (Å²) in [6.07, 6.45) is 0. The molecule has 0 amide bonds. The molecule has 0 aliphatic heterocycles. The van der Waals surface area contributed by atoms with Crippen LogP contribution in [0.15, 0.2) is 12.1 Å². The van der Waals surface area contributed by atoms with E-state index >= 15 is 0 Å². The van der Waals surface area contributed by atoms with Crippen molar-refractivity contribution in [3.8, 4) is 0 Å². The third-order valence-corrected chi connectivity index (χ3v) is 2.83. The normalized spacial score (nSPS) is 12.6. The summed E-state index contributed by atoms with van der Waals surface area (Å²) in [7, 11) is 0. The lowest BCUT2D eigenvalue weighted by atomic mass is 9.84. The van der Waals surface area contributed by atoms with Crippen LogP contribution in [0, 0.1) is 6.92 Å². The van der Waals surface area contributed by atoms with Crippen molar-refractivity contribution in [2.45, 2.75) is 59.4 Å². The Morgan fingerprint density at radius 2 is 1.53 bits per heavy atom. The van der Waals surface area contributed by atoms with Crippen LogP contribution in [0.25, 0.3) is 0 Å². The largest absolute Gasteiger partial charge is 0.398 e. The van der Waals surface area contributed by atoms with Crippen LogP contribution in [0.4, 0.5) is 11.4 Å². The third-order valence-electron chi connectivity index (χ3n) is 2.83. The van der Waals surface area contributed by atoms with Gasteiger partial charge in [-0.3, -0.25) is 0 Å². The number of nitrogens with two attached hydrogens (primary N) is 1. The van der Waals surface area contributed by atoms with Crippen LogP contribution in [0.5, 0.6) is 0 Å². The van der Waals surface area contributed by atoms with Gasteiger partial charge in [-0.2, -0.15) is 0 Å². The standard InChI is InChI=1S/C15H26N2/c1-10-12(17-15(5,6)7)9-8-11(13(10)16)14(2,3)4/h8-9,17H,16H2,1-7H3. The average molecular weight is 234 g/mol. The van der Waals surface area contributed by atoms with E-state index < -0.39 is 0 Å². The molecule has 0 saturated carbocycles. The quantitative estimate of drug-likeness (QED) is 0.718. The lowest BCUT2D eigenvalue weighted by molar-refractivity contribution is 0.591. The first-order chi connectivity index (χ1) is 7.52. The molecule has 0 unspecified atom stereocenters. The minimum absolute atomic E-state index is 0.0560. The highest BCUT2D eigenvalue weighted by molar-refractivity contribution is 5.68. The zero-order valence-electron chi connectivity index (χ0n) is 12.2. The average Bonchev–Trinajstić information content (AvgIpc) is 2.08. The molecule has 0 fully saturated rings. The zero-order valence-corrected chi connectivity index (χ0v) is 12.2. The monoisotopic (exact) mass is 234 g/mol. The number of nitrogen functional groups attached to an aromatic ring is 1. The van der Waals surface area contributed by atoms with Crippen molar-refractivity contribution in [2.75, 3.05) is 11.1 Å². The lowest BCUT2D eigenvalue weighted by Crippen LogP contribution is -2.27. The van der Waals surface area contributed by atoms with Gasteiger partial charge >= 0.3 is 0 Å². The summed E-state index contributed by atoms with van der Waals surface area (Å²) < 4.78 is 0. The molecule has 0 aliphatic carbocycles. The Hall–Kier alpha value is -1.18. The Morgan fingerprint density at radius 3 is 1.94 bits per heavy atom. The molecule has 1 aromatic rings. The first-order valence-electron chi connectivity index (χ1n) is 6.20. The molecule has 0 heterocycles. The van der Waals surface area contributed by atoms with Crippen LogP contribution < -0.4 is 11.1 Å². The molecular formula is C15H26N2. The number of hydrogen-bond donors (Lipinski definition) is 2. The summed E-state index contributed by atoms with van der Waals surface area (Å²) >= 11 is 0. The molecule has 0 atom stereocenters. The van der Waals surface area contributed by atoms with Crippen molar-refractivity contribution in [1.82, 2.24) is 0 Å². The highest BCUT2D eigenvalue weighted by Crippen LogP contribution is 2.34. The fourth-order valence-electron chi connectivity index (χ4n) is 1.92. The number of hydrogen-bond acceptors (Lipinski definition) is 2. The smallest absolute Gasteiger partial charge is 0.0402 e. The third kappa shape index (κ3) is 3.39. The van der Waals surface area contributed by atoms with E-state index in [4.69, 9.17) is 5.73 Å². The summed E-state index contributed by atoms with van der Waals surface area (Å²) in [6, 6.07) is 4.27. The molecule has 2 heteroatoms. The summed E-state index contributed by atoms with van der Waals surface area (Å²) in [6.45, 7) is 15.1. The predicted octanol–water partition coefficient (Wildman–Crippen LogP) is 4.09. The van der Waals surface area contributed by atoms with Crippen molar-refractivity contribution in [3.63, 3.8) is 0 Å². The van der Waals surface area contributed by atoms with Crippen LogP contribution in [0.2, 0.25) is 0 Å². The Labute approximate surface area is 106 Å². The molecule has 1 rings (SSSR count). The van der Waals surface area contributed by atoms with Crippen molar-refractivity contribution in [1.29, 1.82) is 0 Å². The van der Waals surface area contributed by atoms with Crippen molar-refractivity contribution in [2.24, 2.45) is 0 Å². The highest BCUT2D eigenvalue weighted by Gasteiger charge is 2.20. The number of benzene rings is 1.